The molecule has 1 unspecified atom stereocenters. The van der Waals surface area contributed by atoms with Crippen LogP contribution < -0.4 is 16.6 Å². The summed E-state index contributed by atoms with van der Waals surface area (Å²) in [5.41, 5.74) is 3.66. The number of anilines is 2. The van der Waals surface area contributed by atoms with Gasteiger partial charge in [-0.2, -0.15) is 0 Å². The molecule has 10 heteroatoms. The second-order valence-corrected chi connectivity index (χ2v) is 7.08. The highest BCUT2D eigenvalue weighted by Crippen LogP contribution is 2.34. The van der Waals surface area contributed by atoms with E-state index < -0.39 is 29.6 Å². The average Bonchev–Trinajstić information content (AvgIpc) is 2.76. The Bertz CT molecular complexity index is 1210. The molecule has 8 nitrogen and oxygen atoms in total. The van der Waals surface area contributed by atoms with E-state index in [1.54, 1.807) is 0 Å². The van der Waals surface area contributed by atoms with Gasteiger partial charge >= 0.3 is 0 Å². The largest absolute Gasteiger partial charge is 0.368 e. The Balaban J connectivity index is 2.06. The Hall–Kier alpha value is -3.89. The van der Waals surface area contributed by atoms with Crippen molar-refractivity contribution in [3.05, 3.63) is 93.7 Å². The SMILES string of the molecule is CN(F)C(O)(c1ccc(Nc2ccc(F)cc2)c(C=N)c1)c1ccc(=O)n(CC(N)=O)c1. The first-order chi connectivity index (χ1) is 15.1. The molecule has 1 heterocycles. The number of carbonyl (C=O) groups excluding carboxylic acids is 1. The quantitative estimate of drug-likeness (QED) is 0.242. The first kappa shape index (κ1) is 22.8. The Labute approximate surface area is 182 Å². The molecule has 3 rings (SSSR count). The minimum atomic E-state index is -2.33. The van der Waals surface area contributed by atoms with Crippen molar-refractivity contribution in [2.45, 2.75) is 12.3 Å². The molecule has 166 valence electrons. The monoisotopic (exact) mass is 441 g/mol. The number of nitrogens with one attached hydrogen (secondary N) is 2. The lowest BCUT2D eigenvalue weighted by Crippen LogP contribution is -2.41. The zero-order valence-corrected chi connectivity index (χ0v) is 17.0. The van der Waals surface area contributed by atoms with Crippen LogP contribution in [0.15, 0.2) is 65.6 Å². The van der Waals surface area contributed by atoms with Crippen LogP contribution in [-0.2, 0) is 17.1 Å². The summed E-state index contributed by atoms with van der Waals surface area (Å²) >= 11 is 0. The van der Waals surface area contributed by atoms with Gasteiger partial charge in [0.2, 0.25) is 5.91 Å². The molecule has 1 aromatic heterocycles. The number of aromatic nitrogens is 1. The fourth-order valence-electron chi connectivity index (χ4n) is 3.25. The number of rotatable bonds is 8. The zero-order valence-electron chi connectivity index (χ0n) is 17.0. The minimum absolute atomic E-state index is 0.0291. The van der Waals surface area contributed by atoms with Crippen molar-refractivity contribution in [1.29, 1.82) is 5.41 Å². The number of amides is 1. The molecule has 0 aliphatic rings. The molecule has 0 aliphatic heterocycles. The molecular weight excluding hydrogens is 420 g/mol. The second kappa shape index (κ2) is 9.08. The lowest BCUT2D eigenvalue weighted by atomic mass is 9.93. The second-order valence-electron chi connectivity index (χ2n) is 7.08. The Morgan fingerprint density at radius 3 is 2.47 bits per heavy atom. The summed E-state index contributed by atoms with van der Waals surface area (Å²) in [5, 5.41) is 22.1. The molecule has 1 amide bonds. The molecule has 2 aromatic carbocycles. The van der Waals surface area contributed by atoms with Crippen molar-refractivity contribution < 1.29 is 18.8 Å². The fourth-order valence-corrected chi connectivity index (χ4v) is 3.25. The molecule has 0 saturated heterocycles. The number of hydrogen-bond acceptors (Lipinski definition) is 6. The van der Waals surface area contributed by atoms with Crippen molar-refractivity contribution in [3.8, 4) is 0 Å². The molecular formula is C22H21F2N5O3. The van der Waals surface area contributed by atoms with E-state index in [2.05, 4.69) is 5.32 Å². The number of nitrogens with two attached hydrogens (primary N) is 1. The highest BCUT2D eigenvalue weighted by Gasteiger charge is 2.38. The Kier molecular flexibility index (Phi) is 6.47. The van der Waals surface area contributed by atoms with Crippen LogP contribution in [0.3, 0.4) is 0 Å². The predicted octanol–water partition coefficient (Wildman–Crippen LogP) is 2.22. The summed E-state index contributed by atoms with van der Waals surface area (Å²) in [6.07, 6.45) is 2.17. The van der Waals surface area contributed by atoms with Crippen molar-refractivity contribution in [3.63, 3.8) is 0 Å². The summed E-state index contributed by atoms with van der Waals surface area (Å²) in [4.78, 5) is 23.2. The normalized spacial score (nSPS) is 12.9. The number of hydrogen-bond donors (Lipinski definition) is 4. The minimum Gasteiger partial charge on any atom is -0.368 e. The zero-order chi connectivity index (χ0) is 23.5. The van der Waals surface area contributed by atoms with E-state index >= 15 is 0 Å². The van der Waals surface area contributed by atoms with Gasteiger partial charge in [-0.1, -0.05) is 6.07 Å². The van der Waals surface area contributed by atoms with Gasteiger partial charge in [0.15, 0.2) is 5.72 Å². The lowest BCUT2D eigenvalue weighted by Gasteiger charge is -2.32. The number of nitrogens with zero attached hydrogens (tertiary/aromatic N) is 2. The predicted molar refractivity (Wildman–Crippen MR) is 116 cm³/mol. The molecule has 0 aliphatic carbocycles. The molecule has 0 saturated carbocycles. The molecule has 32 heavy (non-hydrogen) atoms. The van der Waals surface area contributed by atoms with Gasteiger partial charge in [0.25, 0.3) is 5.56 Å². The fraction of sp³-hybridized carbons (Fsp3) is 0.136. The average molecular weight is 441 g/mol. The maximum Gasteiger partial charge on any atom is 0.251 e. The van der Waals surface area contributed by atoms with Gasteiger partial charge in [0.05, 0.1) is 0 Å². The van der Waals surface area contributed by atoms with E-state index in [0.29, 0.717) is 16.9 Å². The van der Waals surface area contributed by atoms with Gasteiger partial charge in [-0.15, -0.1) is 9.60 Å². The van der Waals surface area contributed by atoms with Gasteiger partial charge in [-0.05, 0) is 42.5 Å². The maximum absolute atomic E-state index is 14.6. The van der Waals surface area contributed by atoms with E-state index in [-0.39, 0.29) is 16.2 Å². The summed E-state index contributed by atoms with van der Waals surface area (Å²) in [6, 6.07) is 12.3. The van der Waals surface area contributed by atoms with E-state index in [9.17, 15) is 23.6 Å². The van der Waals surface area contributed by atoms with Crippen LogP contribution in [0, 0.1) is 11.2 Å². The number of aliphatic hydroxyl groups is 1. The third-order valence-electron chi connectivity index (χ3n) is 4.89. The van der Waals surface area contributed by atoms with Gasteiger partial charge in [-0.3, -0.25) is 9.59 Å². The highest BCUT2D eigenvalue weighted by molar-refractivity contribution is 5.88. The first-order valence-electron chi connectivity index (χ1n) is 9.44. The van der Waals surface area contributed by atoms with Gasteiger partial charge < -0.3 is 26.1 Å². The van der Waals surface area contributed by atoms with E-state index in [4.69, 9.17) is 11.1 Å². The topological polar surface area (TPSA) is 124 Å². The van der Waals surface area contributed by atoms with Gasteiger partial charge in [0.1, 0.15) is 12.4 Å². The number of carbonyl (C=O) groups is 1. The van der Waals surface area contributed by atoms with Crippen LogP contribution in [0.2, 0.25) is 0 Å². The summed E-state index contributed by atoms with van der Waals surface area (Å²) in [7, 11) is 0.998. The van der Waals surface area contributed by atoms with Crippen LogP contribution in [0.4, 0.5) is 20.2 Å². The molecule has 0 radical (unpaired) electrons. The number of pyridine rings is 1. The van der Waals surface area contributed by atoms with Crippen molar-refractivity contribution >= 4 is 23.5 Å². The van der Waals surface area contributed by atoms with Gasteiger partial charge in [0, 0.05) is 53.6 Å². The Morgan fingerprint density at radius 2 is 1.88 bits per heavy atom. The van der Waals surface area contributed by atoms with Crippen LogP contribution in [0.25, 0.3) is 0 Å². The number of halogens is 2. The molecule has 0 spiro atoms. The molecule has 0 fully saturated rings. The summed E-state index contributed by atoms with van der Waals surface area (Å²) in [5.74, 6) is -1.17. The summed E-state index contributed by atoms with van der Waals surface area (Å²) < 4.78 is 28.7. The lowest BCUT2D eigenvalue weighted by molar-refractivity contribution is -0.170. The van der Waals surface area contributed by atoms with Crippen molar-refractivity contribution in [1.82, 2.24) is 9.69 Å². The van der Waals surface area contributed by atoms with E-state index in [0.717, 1.165) is 30.1 Å². The smallest absolute Gasteiger partial charge is 0.251 e. The Morgan fingerprint density at radius 1 is 1.22 bits per heavy atom. The van der Waals surface area contributed by atoms with Crippen LogP contribution in [0.1, 0.15) is 16.7 Å². The molecule has 5 N–H and O–H groups in total. The molecule has 1 atom stereocenters. The van der Waals surface area contributed by atoms with E-state index in [1.807, 2.05) is 0 Å². The standard InChI is InChI=1S/C22H21F2N5O3/c1-28(24)22(32,16-3-9-21(31)29(12-16)13-20(26)30)15-2-8-19(14(10-15)11-25)27-18-6-4-17(23)5-7-18/h2-12,25,27,32H,13H2,1H3,(H2,26,30). The maximum atomic E-state index is 14.6. The number of benzene rings is 2. The van der Waals surface area contributed by atoms with Crippen molar-refractivity contribution in [2.24, 2.45) is 5.73 Å². The molecule has 0 bridgehead atoms. The highest BCUT2D eigenvalue weighted by atomic mass is 19.2. The first-order valence-corrected chi connectivity index (χ1v) is 9.44. The van der Waals surface area contributed by atoms with Crippen molar-refractivity contribution in [2.75, 3.05) is 12.4 Å². The third kappa shape index (κ3) is 4.56. The summed E-state index contributed by atoms with van der Waals surface area (Å²) in [6.45, 7) is -0.439. The van der Waals surface area contributed by atoms with Crippen LogP contribution in [-0.4, -0.2) is 34.0 Å². The van der Waals surface area contributed by atoms with Gasteiger partial charge in [-0.25, -0.2) is 4.39 Å². The number of primary amides is 1. The molecule has 3 aromatic rings. The third-order valence-corrected chi connectivity index (χ3v) is 4.89. The van der Waals surface area contributed by atoms with Crippen LogP contribution >= 0.6 is 0 Å². The van der Waals surface area contributed by atoms with E-state index in [1.165, 1.54) is 48.5 Å². The van der Waals surface area contributed by atoms with Crippen LogP contribution in [0.5, 0.6) is 0 Å².